The maximum atomic E-state index is 12.0. The topological polar surface area (TPSA) is 141 Å². The Balaban J connectivity index is 1.35. The molecule has 0 bridgehead atoms. The molecule has 1 amide bonds. The molecule has 1 aromatic heterocycles. The average Bonchev–Trinajstić information content (AvgIpc) is 3.46. The van der Waals surface area contributed by atoms with Gasteiger partial charge in [0.25, 0.3) is 0 Å². The van der Waals surface area contributed by atoms with Gasteiger partial charge in [0.05, 0.1) is 17.8 Å². The number of hydrogen-bond donors (Lipinski definition) is 6. The third kappa shape index (κ3) is 6.43. The van der Waals surface area contributed by atoms with Crippen LogP contribution in [-0.4, -0.2) is 47.3 Å². The molecule has 7 N–H and O–H groups in total. The summed E-state index contributed by atoms with van der Waals surface area (Å²) in [6.45, 7) is 1.54. The fourth-order valence-electron chi connectivity index (χ4n) is 3.55. The van der Waals surface area contributed by atoms with Crippen LogP contribution in [0.3, 0.4) is 0 Å². The smallest absolute Gasteiger partial charge is 0.237 e. The van der Waals surface area contributed by atoms with Crippen molar-refractivity contribution in [1.82, 2.24) is 20.6 Å². The van der Waals surface area contributed by atoms with Gasteiger partial charge in [-0.15, -0.1) is 0 Å². The fraction of sp³-hybridized carbons (Fsp3) is 0.417. The van der Waals surface area contributed by atoms with E-state index in [1.54, 1.807) is 18.3 Å². The van der Waals surface area contributed by atoms with Gasteiger partial charge < -0.3 is 32.4 Å². The first-order valence-corrected chi connectivity index (χ1v) is 11.4. The molecule has 0 unspecified atom stereocenters. The van der Waals surface area contributed by atoms with Crippen LogP contribution in [0.1, 0.15) is 49.7 Å². The SMILES string of the molecule is N=Cc1cc(Nc2ncc(C#CCCCNC(=O)[C@@H]3CCCN3)c(NC3CC3)n2)ccc1N. The maximum absolute atomic E-state index is 12.0. The van der Waals surface area contributed by atoms with Gasteiger partial charge in [0.15, 0.2) is 0 Å². The number of benzene rings is 1. The van der Waals surface area contributed by atoms with Crippen LogP contribution < -0.4 is 27.0 Å². The van der Waals surface area contributed by atoms with Crippen LogP contribution in [0.15, 0.2) is 24.4 Å². The fourth-order valence-corrected chi connectivity index (χ4v) is 3.55. The van der Waals surface area contributed by atoms with Gasteiger partial charge in [-0.1, -0.05) is 11.8 Å². The van der Waals surface area contributed by atoms with Crippen molar-refractivity contribution in [3.63, 3.8) is 0 Å². The van der Waals surface area contributed by atoms with E-state index in [0.29, 0.717) is 42.0 Å². The van der Waals surface area contributed by atoms with Crippen molar-refractivity contribution in [1.29, 1.82) is 5.41 Å². The highest BCUT2D eigenvalue weighted by Gasteiger charge is 2.23. The molecule has 2 aromatic rings. The summed E-state index contributed by atoms with van der Waals surface area (Å²) < 4.78 is 0. The molecule has 0 radical (unpaired) electrons. The van der Waals surface area contributed by atoms with E-state index in [1.807, 2.05) is 6.07 Å². The zero-order chi connectivity index (χ0) is 23.0. The monoisotopic (exact) mass is 446 g/mol. The third-order valence-corrected chi connectivity index (χ3v) is 5.58. The van der Waals surface area contributed by atoms with E-state index in [0.717, 1.165) is 49.9 Å². The van der Waals surface area contributed by atoms with E-state index < -0.39 is 0 Å². The summed E-state index contributed by atoms with van der Waals surface area (Å²) in [6, 6.07) is 5.75. The number of anilines is 4. The molecule has 1 aromatic carbocycles. The van der Waals surface area contributed by atoms with E-state index in [-0.39, 0.29) is 11.9 Å². The summed E-state index contributed by atoms with van der Waals surface area (Å²) in [5.41, 5.74) is 8.55. The van der Waals surface area contributed by atoms with E-state index in [2.05, 4.69) is 43.1 Å². The second-order valence-electron chi connectivity index (χ2n) is 8.33. The van der Waals surface area contributed by atoms with Gasteiger partial charge in [-0.2, -0.15) is 4.98 Å². The first-order chi connectivity index (χ1) is 16.1. The molecule has 1 atom stereocenters. The van der Waals surface area contributed by atoms with Crippen LogP contribution in [-0.2, 0) is 4.79 Å². The number of nitrogen functional groups attached to an aromatic ring is 1. The van der Waals surface area contributed by atoms with Crippen molar-refractivity contribution in [3.8, 4) is 11.8 Å². The van der Waals surface area contributed by atoms with Gasteiger partial charge in [0.1, 0.15) is 5.82 Å². The molecule has 2 fully saturated rings. The van der Waals surface area contributed by atoms with Crippen LogP contribution >= 0.6 is 0 Å². The van der Waals surface area contributed by atoms with E-state index in [4.69, 9.17) is 11.1 Å². The maximum Gasteiger partial charge on any atom is 0.237 e. The Hall–Kier alpha value is -3.64. The molecule has 2 heterocycles. The Morgan fingerprint density at radius 2 is 2.21 bits per heavy atom. The third-order valence-electron chi connectivity index (χ3n) is 5.58. The number of rotatable bonds is 9. The number of aromatic nitrogens is 2. The van der Waals surface area contributed by atoms with Gasteiger partial charge in [-0.05, 0) is 56.8 Å². The molecular formula is C24H30N8O. The molecule has 1 saturated carbocycles. The number of hydrogen-bond acceptors (Lipinski definition) is 8. The van der Waals surface area contributed by atoms with Crippen molar-refractivity contribution in [2.45, 2.75) is 50.6 Å². The number of unbranched alkanes of at least 4 members (excludes halogenated alkanes) is 1. The number of nitrogens with zero attached hydrogens (tertiary/aromatic N) is 2. The second-order valence-corrected chi connectivity index (χ2v) is 8.33. The van der Waals surface area contributed by atoms with Crippen LogP contribution in [0.2, 0.25) is 0 Å². The Morgan fingerprint density at radius 3 is 2.97 bits per heavy atom. The quantitative estimate of drug-likeness (QED) is 0.150. The summed E-state index contributed by atoms with van der Waals surface area (Å²) in [6.07, 6.45) is 8.62. The van der Waals surface area contributed by atoms with E-state index in [9.17, 15) is 4.79 Å². The lowest BCUT2D eigenvalue weighted by molar-refractivity contribution is -0.122. The number of amides is 1. The van der Waals surface area contributed by atoms with Crippen molar-refractivity contribution in [2.24, 2.45) is 0 Å². The molecule has 1 saturated heterocycles. The number of carbonyl (C=O) groups excluding carboxylic acids is 1. The highest BCUT2D eigenvalue weighted by Crippen LogP contribution is 2.26. The number of nitrogens with one attached hydrogen (secondary N) is 5. The molecule has 4 rings (SSSR count). The minimum absolute atomic E-state index is 0.0404. The molecule has 0 spiro atoms. The van der Waals surface area contributed by atoms with Crippen LogP contribution in [0.25, 0.3) is 0 Å². The Bertz CT molecular complexity index is 1060. The van der Waals surface area contributed by atoms with Gasteiger partial charge in [0, 0.05) is 42.2 Å². The lowest BCUT2D eigenvalue weighted by atomic mass is 10.2. The predicted molar refractivity (Wildman–Crippen MR) is 131 cm³/mol. The lowest BCUT2D eigenvalue weighted by Crippen LogP contribution is -2.40. The van der Waals surface area contributed by atoms with Gasteiger partial charge in [-0.3, -0.25) is 4.79 Å². The summed E-state index contributed by atoms with van der Waals surface area (Å²) in [5.74, 6) is 7.59. The largest absolute Gasteiger partial charge is 0.398 e. The minimum atomic E-state index is -0.0404. The molecule has 172 valence electrons. The lowest BCUT2D eigenvalue weighted by Gasteiger charge is -2.11. The standard InChI is InChI=1S/C24H30N8O/c25-14-17-13-19(9-10-20(17)26)31-24-29-15-16(22(32-24)30-18-7-8-18)5-2-1-3-11-28-23(33)21-6-4-12-27-21/h9-10,13-15,18,21,25,27H,1,3-4,6-8,11-12,26H2,(H,28,33)(H2,29,30,31,32)/t21-/m0/s1. The van der Waals surface area contributed by atoms with E-state index in [1.165, 1.54) is 6.21 Å². The Kier molecular flexibility index (Phi) is 7.37. The summed E-state index contributed by atoms with van der Waals surface area (Å²) >= 11 is 0. The zero-order valence-electron chi connectivity index (χ0n) is 18.6. The molecule has 9 nitrogen and oxygen atoms in total. The minimum Gasteiger partial charge on any atom is -0.398 e. The average molecular weight is 447 g/mol. The molecule has 33 heavy (non-hydrogen) atoms. The predicted octanol–water partition coefficient (Wildman–Crippen LogP) is 2.37. The van der Waals surface area contributed by atoms with Crippen LogP contribution in [0.4, 0.5) is 23.1 Å². The summed E-state index contributed by atoms with van der Waals surface area (Å²) in [4.78, 5) is 21.0. The van der Waals surface area contributed by atoms with Gasteiger partial charge in [-0.25, -0.2) is 4.98 Å². The van der Waals surface area contributed by atoms with Crippen LogP contribution in [0.5, 0.6) is 0 Å². The van der Waals surface area contributed by atoms with Crippen molar-refractivity contribution >= 4 is 35.3 Å². The highest BCUT2D eigenvalue weighted by molar-refractivity contribution is 5.87. The zero-order valence-corrected chi connectivity index (χ0v) is 18.6. The summed E-state index contributed by atoms with van der Waals surface area (Å²) in [7, 11) is 0. The van der Waals surface area contributed by atoms with Crippen LogP contribution in [0, 0.1) is 17.3 Å². The highest BCUT2D eigenvalue weighted by atomic mass is 16.2. The molecule has 1 aliphatic carbocycles. The van der Waals surface area contributed by atoms with Crippen molar-refractivity contribution in [2.75, 3.05) is 29.5 Å². The molecular weight excluding hydrogens is 416 g/mol. The van der Waals surface area contributed by atoms with E-state index >= 15 is 0 Å². The normalized spacial score (nSPS) is 17.0. The van der Waals surface area contributed by atoms with Gasteiger partial charge in [0.2, 0.25) is 11.9 Å². The van der Waals surface area contributed by atoms with Crippen molar-refractivity contribution in [3.05, 3.63) is 35.5 Å². The van der Waals surface area contributed by atoms with Crippen molar-refractivity contribution < 1.29 is 4.79 Å². The molecule has 1 aliphatic heterocycles. The number of carbonyl (C=O) groups is 1. The Morgan fingerprint density at radius 1 is 1.33 bits per heavy atom. The Labute approximate surface area is 193 Å². The first kappa shape index (κ1) is 22.6. The first-order valence-electron chi connectivity index (χ1n) is 11.4. The van der Waals surface area contributed by atoms with Gasteiger partial charge >= 0.3 is 0 Å². The molecule has 9 heteroatoms. The molecule has 2 aliphatic rings. The summed E-state index contributed by atoms with van der Waals surface area (Å²) in [5, 5.41) is 20.2. The second kappa shape index (κ2) is 10.8. The number of nitrogens with two attached hydrogens (primary N) is 1.